The SMILES string of the molecule is NOS(=O)c1ccc(NC(=O)NCc2cccnc2)cc1. The fourth-order valence-corrected chi connectivity index (χ4v) is 2.03. The van der Waals surface area contributed by atoms with Gasteiger partial charge in [0.15, 0.2) is 0 Å². The molecule has 1 aromatic carbocycles. The van der Waals surface area contributed by atoms with Crippen LogP contribution in [0, 0.1) is 0 Å². The lowest BCUT2D eigenvalue weighted by atomic mass is 10.3. The summed E-state index contributed by atoms with van der Waals surface area (Å²) in [6, 6.07) is 9.64. The Kier molecular flexibility index (Phi) is 5.38. The number of pyridine rings is 1. The average Bonchev–Trinajstić information content (AvgIpc) is 2.54. The molecule has 0 saturated heterocycles. The highest BCUT2D eigenvalue weighted by molar-refractivity contribution is 7.80. The van der Waals surface area contributed by atoms with E-state index in [-0.39, 0.29) is 6.03 Å². The third-order valence-electron chi connectivity index (χ3n) is 2.57. The van der Waals surface area contributed by atoms with Gasteiger partial charge in [-0.15, -0.1) is 0 Å². The highest BCUT2D eigenvalue weighted by Crippen LogP contribution is 2.12. The van der Waals surface area contributed by atoms with Crippen LogP contribution in [0.1, 0.15) is 5.56 Å². The largest absolute Gasteiger partial charge is 0.334 e. The van der Waals surface area contributed by atoms with E-state index in [0.717, 1.165) is 5.56 Å². The lowest BCUT2D eigenvalue weighted by Gasteiger charge is -2.08. The molecule has 7 nitrogen and oxygen atoms in total. The van der Waals surface area contributed by atoms with Crippen molar-refractivity contribution in [3.63, 3.8) is 0 Å². The number of anilines is 1. The summed E-state index contributed by atoms with van der Waals surface area (Å²) in [5.41, 5.74) is 1.47. The zero-order chi connectivity index (χ0) is 15.1. The number of aromatic nitrogens is 1. The van der Waals surface area contributed by atoms with E-state index >= 15 is 0 Å². The van der Waals surface area contributed by atoms with Crippen molar-refractivity contribution >= 4 is 22.8 Å². The maximum atomic E-state index is 11.7. The molecule has 0 spiro atoms. The fourth-order valence-electron chi connectivity index (χ4n) is 1.57. The molecule has 2 rings (SSSR count). The summed E-state index contributed by atoms with van der Waals surface area (Å²) >= 11 is -1.70. The van der Waals surface area contributed by atoms with E-state index in [1.54, 1.807) is 42.7 Å². The van der Waals surface area contributed by atoms with Gasteiger partial charge in [-0.05, 0) is 35.9 Å². The van der Waals surface area contributed by atoms with Crippen LogP contribution in [-0.4, -0.2) is 15.2 Å². The monoisotopic (exact) mass is 306 g/mol. The van der Waals surface area contributed by atoms with Gasteiger partial charge >= 0.3 is 6.03 Å². The second kappa shape index (κ2) is 7.48. The highest BCUT2D eigenvalue weighted by atomic mass is 32.2. The van der Waals surface area contributed by atoms with Crippen LogP contribution in [0.15, 0.2) is 53.7 Å². The maximum Gasteiger partial charge on any atom is 0.319 e. The van der Waals surface area contributed by atoms with Crippen LogP contribution in [0.5, 0.6) is 0 Å². The molecule has 0 aliphatic heterocycles. The number of hydrogen-bond acceptors (Lipinski definition) is 5. The van der Waals surface area contributed by atoms with E-state index in [0.29, 0.717) is 17.1 Å². The summed E-state index contributed by atoms with van der Waals surface area (Å²) in [5.74, 6) is 4.83. The minimum atomic E-state index is -1.70. The van der Waals surface area contributed by atoms with Crippen molar-refractivity contribution < 1.29 is 13.3 Å². The Balaban J connectivity index is 1.86. The minimum Gasteiger partial charge on any atom is -0.334 e. The van der Waals surface area contributed by atoms with Gasteiger partial charge in [-0.1, -0.05) is 6.07 Å². The van der Waals surface area contributed by atoms with Crippen molar-refractivity contribution in [2.24, 2.45) is 5.90 Å². The first-order valence-corrected chi connectivity index (χ1v) is 7.09. The number of amides is 2. The van der Waals surface area contributed by atoms with E-state index in [9.17, 15) is 9.00 Å². The fraction of sp³-hybridized carbons (Fsp3) is 0.0769. The lowest BCUT2D eigenvalue weighted by Crippen LogP contribution is -2.28. The topological polar surface area (TPSA) is 106 Å². The number of nitrogens with two attached hydrogens (primary N) is 1. The lowest BCUT2D eigenvalue weighted by molar-refractivity contribution is 0.251. The third-order valence-corrected chi connectivity index (χ3v) is 3.40. The Morgan fingerprint density at radius 2 is 2.05 bits per heavy atom. The molecule has 1 unspecified atom stereocenters. The summed E-state index contributed by atoms with van der Waals surface area (Å²) in [4.78, 5) is 16.1. The van der Waals surface area contributed by atoms with Crippen LogP contribution in [0.4, 0.5) is 10.5 Å². The van der Waals surface area contributed by atoms with Crippen LogP contribution in [0.3, 0.4) is 0 Å². The molecule has 1 aromatic heterocycles. The van der Waals surface area contributed by atoms with E-state index in [1.807, 2.05) is 6.07 Å². The second-order valence-corrected chi connectivity index (χ2v) is 5.16. The quantitative estimate of drug-likeness (QED) is 0.722. The molecule has 1 heterocycles. The summed E-state index contributed by atoms with van der Waals surface area (Å²) in [6.07, 6.45) is 3.34. The summed E-state index contributed by atoms with van der Waals surface area (Å²) < 4.78 is 15.5. The van der Waals surface area contributed by atoms with Crippen molar-refractivity contribution in [2.75, 3.05) is 5.32 Å². The van der Waals surface area contributed by atoms with Gasteiger partial charge in [-0.3, -0.25) is 4.98 Å². The zero-order valence-corrected chi connectivity index (χ0v) is 11.8. The van der Waals surface area contributed by atoms with E-state index in [4.69, 9.17) is 5.90 Å². The van der Waals surface area contributed by atoms with Crippen molar-refractivity contribution in [3.05, 3.63) is 54.4 Å². The highest BCUT2D eigenvalue weighted by Gasteiger charge is 2.05. The third kappa shape index (κ3) is 4.63. The number of nitrogens with one attached hydrogen (secondary N) is 2. The zero-order valence-electron chi connectivity index (χ0n) is 11.0. The predicted molar refractivity (Wildman–Crippen MR) is 78.2 cm³/mol. The maximum absolute atomic E-state index is 11.7. The first kappa shape index (κ1) is 15.1. The van der Waals surface area contributed by atoms with Gasteiger partial charge in [0.2, 0.25) is 11.1 Å². The van der Waals surface area contributed by atoms with Crippen molar-refractivity contribution in [1.29, 1.82) is 0 Å². The van der Waals surface area contributed by atoms with Crippen LogP contribution < -0.4 is 16.5 Å². The minimum absolute atomic E-state index is 0.345. The Labute approximate surface area is 124 Å². The smallest absolute Gasteiger partial charge is 0.319 e. The summed E-state index contributed by atoms with van der Waals surface area (Å²) in [7, 11) is 0. The number of rotatable bonds is 5. The number of urea groups is 1. The van der Waals surface area contributed by atoms with Gasteiger partial charge in [0.1, 0.15) is 0 Å². The molecular formula is C13H14N4O3S. The van der Waals surface area contributed by atoms with E-state index < -0.39 is 11.1 Å². The van der Waals surface area contributed by atoms with Gasteiger partial charge in [0, 0.05) is 24.6 Å². The van der Waals surface area contributed by atoms with Gasteiger partial charge in [-0.25, -0.2) is 9.00 Å². The molecule has 21 heavy (non-hydrogen) atoms. The summed E-state index contributed by atoms with van der Waals surface area (Å²) in [6.45, 7) is 0.378. The molecule has 8 heteroatoms. The molecule has 2 amide bonds. The number of carbonyl (C=O) groups is 1. The molecule has 2 aromatic rings. The molecular weight excluding hydrogens is 292 g/mol. The average molecular weight is 306 g/mol. The van der Waals surface area contributed by atoms with Crippen LogP contribution in [-0.2, 0) is 21.9 Å². The number of carbonyl (C=O) groups excluding carboxylic acids is 1. The number of hydrogen-bond donors (Lipinski definition) is 3. The van der Waals surface area contributed by atoms with Gasteiger partial charge in [-0.2, -0.15) is 10.2 Å². The Morgan fingerprint density at radius 3 is 2.67 bits per heavy atom. The number of nitrogens with zero attached hydrogens (tertiary/aromatic N) is 1. The normalized spacial score (nSPS) is 11.7. The first-order valence-electron chi connectivity index (χ1n) is 6.02. The Bertz CT molecular complexity index is 619. The molecule has 110 valence electrons. The Hall–Kier alpha value is -2.29. The van der Waals surface area contributed by atoms with Gasteiger partial charge in [0.05, 0.1) is 4.90 Å². The Morgan fingerprint density at radius 1 is 1.29 bits per heavy atom. The van der Waals surface area contributed by atoms with E-state index in [2.05, 4.69) is 19.9 Å². The van der Waals surface area contributed by atoms with Gasteiger partial charge in [0.25, 0.3) is 0 Å². The van der Waals surface area contributed by atoms with Gasteiger partial charge < -0.3 is 10.6 Å². The van der Waals surface area contributed by atoms with Crippen molar-refractivity contribution in [1.82, 2.24) is 10.3 Å². The standard InChI is InChI=1S/C13H14N4O3S/c14-20-21(19)12-5-3-11(4-6-12)17-13(18)16-9-10-2-1-7-15-8-10/h1-8H,9,14H2,(H2,16,17,18). The molecule has 0 aliphatic carbocycles. The van der Waals surface area contributed by atoms with Crippen LogP contribution >= 0.6 is 0 Å². The molecule has 0 bridgehead atoms. The molecule has 4 N–H and O–H groups in total. The number of benzene rings is 1. The van der Waals surface area contributed by atoms with Crippen LogP contribution in [0.2, 0.25) is 0 Å². The molecule has 0 radical (unpaired) electrons. The second-order valence-electron chi connectivity index (χ2n) is 4.02. The molecule has 1 atom stereocenters. The molecule has 0 fully saturated rings. The summed E-state index contributed by atoms with van der Waals surface area (Å²) in [5, 5.41) is 5.36. The molecule has 0 saturated carbocycles. The van der Waals surface area contributed by atoms with Crippen molar-refractivity contribution in [3.8, 4) is 0 Å². The molecule has 0 aliphatic rings. The van der Waals surface area contributed by atoms with Crippen molar-refractivity contribution in [2.45, 2.75) is 11.4 Å². The predicted octanol–water partition coefficient (Wildman–Crippen LogP) is 1.32. The first-order chi connectivity index (χ1) is 10.2. The van der Waals surface area contributed by atoms with Crippen LogP contribution in [0.25, 0.3) is 0 Å². The van der Waals surface area contributed by atoms with E-state index in [1.165, 1.54) is 0 Å².